The third kappa shape index (κ3) is 8.07. The van der Waals surface area contributed by atoms with Crippen LogP contribution in [0.3, 0.4) is 0 Å². The number of sulfonamides is 1. The van der Waals surface area contributed by atoms with Crippen molar-refractivity contribution in [3.05, 3.63) is 101 Å². The van der Waals surface area contributed by atoms with Crippen molar-refractivity contribution in [2.45, 2.75) is 45.3 Å². The summed E-state index contributed by atoms with van der Waals surface area (Å²) in [4.78, 5) is 29.0. The molecule has 0 aromatic heterocycles. The van der Waals surface area contributed by atoms with E-state index in [0.29, 0.717) is 16.3 Å². The Morgan fingerprint density at radius 2 is 1.50 bits per heavy atom. The van der Waals surface area contributed by atoms with Gasteiger partial charge in [0.25, 0.3) is 0 Å². The van der Waals surface area contributed by atoms with Crippen LogP contribution in [0, 0.1) is 0 Å². The molecule has 38 heavy (non-hydrogen) atoms. The van der Waals surface area contributed by atoms with Crippen LogP contribution in [0.5, 0.6) is 0 Å². The lowest BCUT2D eigenvalue weighted by molar-refractivity contribution is -0.140. The van der Waals surface area contributed by atoms with Crippen LogP contribution in [0.2, 0.25) is 5.02 Å². The Balaban J connectivity index is 2.05. The second-order valence-corrected chi connectivity index (χ2v) is 11.6. The Kier molecular flexibility index (Phi) is 10.3. The highest BCUT2D eigenvalue weighted by atomic mass is 35.5. The predicted octanol–water partition coefficient (Wildman–Crippen LogP) is 4.66. The zero-order valence-corrected chi connectivity index (χ0v) is 23.5. The SMILES string of the molecule is CC[C@H](C)NC(=O)[C@H](Cc1ccccc1)N(Cc1ccccc1Cl)C(=O)CN(c1ccccc1)S(C)(=O)=O. The van der Waals surface area contributed by atoms with E-state index in [9.17, 15) is 18.0 Å². The lowest BCUT2D eigenvalue weighted by Crippen LogP contribution is -2.54. The van der Waals surface area contributed by atoms with Gasteiger partial charge in [-0.2, -0.15) is 0 Å². The van der Waals surface area contributed by atoms with E-state index in [0.717, 1.165) is 22.5 Å². The van der Waals surface area contributed by atoms with Gasteiger partial charge in [-0.15, -0.1) is 0 Å². The number of nitrogens with zero attached hydrogens (tertiary/aromatic N) is 2. The summed E-state index contributed by atoms with van der Waals surface area (Å²) in [6.07, 6.45) is 2.03. The van der Waals surface area contributed by atoms with Crippen molar-refractivity contribution in [2.24, 2.45) is 0 Å². The third-order valence-corrected chi connectivity index (χ3v) is 7.80. The molecule has 2 amide bonds. The highest BCUT2D eigenvalue weighted by molar-refractivity contribution is 7.92. The summed E-state index contributed by atoms with van der Waals surface area (Å²) in [6, 6.07) is 24.0. The standard InChI is InChI=1S/C29H34ClN3O4S/c1-4-22(2)31-29(35)27(19-23-13-7-5-8-14-23)32(20-24-15-11-12-18-26(24)30)28(34)21-33(38(3,36)37)25-16-9-6-10-17-25/h5-18,22,27H,4,19-21H2,1-3H3,(H,31,35)/t22-,27-/m0/s1. The first-order valence-corrected chi connectivity index (χ1v) is 14.7. The van der Waals surface area contributed by atoms with Crippen LogP contribution < -0.4 is 9.62 Å². The first-order chi connectivity index (χ1) is 18.1. The van der Waals surface area contributed by atoms with E-state index in [-0.39, 0.29) is 24.9 Å². The monoisotopic (exact) mass is 555 g/mol. The van der Waals surface area contributed by atoms with E-state index in [1.54, 1.807) is 48.5 Å². The van der Waals surface area contributed by atoms with Gasteiger partial charge in [-0.1, -0.05) is 85.3 Å². The highest BCUT2D eigenvalue weighted by Gasteiger charge is 2.33. The Morgan fingerprint density at radius 1 is 0.921 bits per heavy atom. The molecule has 0 saturated carbocycles. The van der Waals surface area contributed by atoms with E-state index >= 15 is 0 Å². The number of rotatable bonds is 12. The van der Waals surface area contributed by atoms with Crippen LogP contribution in [0.25, 0.3) is 0 Å². The van der Waals surface area contributed by atoms with Crippen molar-refractivity contribution >= 4 is 39.1 Å². The van der Waals surface area contributed by atoms with Gasteiger partial charge in [0.15, 0.2) is 0 Å². The number of carbonyl (C=O) groups excluding carboxylic acids is 2. The molecule has 0 aliphatic rings. The second-order valence-electron chi connectivity index (χ2n) is 9.24. The minimum atomic E-state index is -3.80. The second kappa shape index (κ2) is 13.4. The number of halogens is 1. The van der Waals surface area contributed by atoms with E-state index in [1.165, 1.54) is 4.90 Å². The fourth-order valence-electron chi connectivity index (χ4n) is 4.01. The molecule has 0 aliphatic carbocycles. The molecule has 0 fully saturated rings. The normalized spacial score (nSPS) is 12.8. The highest BCUT2D eigenvalue weighted by Crippen LogP contribution is 2.23. The van der Waals surface area contributed by atoms with Crippen LogP contribution >= 0.6 is 11.6 Å². The largest absolute Gasteiger partial charge is 0.352 e. The molecule has 1 N–H and O–H groups in total. The minimum absolute atomic E-state index is 0.0380. The first-order valence-electron chi connectivity index (χ1n) is 12.5. The zero-order valence-electron chi connectivity index (χ0n) is 21.9. The summed E-state index contributed by atoms with van der Waals surface area (Å²) in [5, 5.41) is 3.46. The molecule has 0 radical (unpaired) electrons. The molecule has 3 aromatic rings. The van der Waals surface area contributed by atoms with Gasteiger partial charge in [-0.05, 0) is 42.7 Å². The molecule has 202 valence electrons. The van der Waals surface area contributed by atoms with Gasteiger partial charge in [-0.3, -0.25) is 13.9 Å². The lowest BCUT2D eigenvalue weighted by atomic mass is 10.0. The van der Waals surface area contributed by atoms with Crippen LogP contribution in [0.4, 0.5) is 5.69 Å². The summed E-state index contributed by atoms with van der Waals surface area (Å²) in [7, 11) is -3.80. The van der Waals surface area contributed by atoms with Crippen molar-refractivity contribution in [1.29, 1.82) is 0 Å². The average molecular weight is 556 g/mol. The van der Waals surface area contributed by atoms with Gasteiger partial charge in [-0.25, -0.2) is 8.42 Å². The summed E-state index contributed by atoms with van der Waals surface area (Å²) in [5.74, 6) is -0.825. The molecule has 0 bridgehead atoms. The van der Waals surface area contributed by atoms with Gasteiger partial charge in [0.2, 0.25) is 21.8 Å². The Morgan fingerprint density at radius 3 is 2.08 bits per heavy atom. The van der Waals surface area contributed by atoms with Gasteiger partial charge in [0.1, 0.15) is 12.6 Å². The lowest BCUT2D eigenvalue weighted by Gasteiger charge is -2.34. The zero-order chi connectivity index (χ0) is 27.7. The molecule has 0 unspecified atom stereocenters. The Labute approximate surface area is 230 Å². The van der Waals surface area contributed by atoms with Crippen molar-refractivity contribution in [3.63, 3.8) is 0 Å². The third-order valence-electron chi connectivity index (χ3n) is 6.29. The molecule has 3 rings (SSSR count). The molecular weight excluding hydrogens is 522 g/mol. The Hall–Kier alpha value is -3.36. The van der Waals surface area contributed by atoms with Crippen LogP contribution in [0.15, 0.2) is 84.9 Å². The van der Waals surface area contributed by atoms with Crippen molar-refractivity contribution in [2.75, 3.05) is 17.1 Å². The Bertz CT molecular complexity index is 1320. The number of anilines is 1. The number of nitrogens with one attached hydrogen (secondary N) is 1. The number of carbonyl (C=O) groups is 2. The first kappa shape index (κ1) is 29.2. The van der Waals surface area contributed by atoms with Crippen molar-refractivity contribution in [3.8, 4) is 0 Å². The van der Waals surface area contributed by atoms with Gasteiger partial charge < -0.3 is 10.2 Å². The topological polar surface area (TPSA) is 86.8 Å². The van der Waals surface area contributed by atoms with Crippen molar-refractivity contribution < 1.29 is 18.0 Å². The summed E-state index contributed by atoms with van der Waals surface area (Å²) < 4.78 is 26.5. The van der Waals surface area contributed by atoms with Crippen LogP contribution in [-0.4, -0.2) is 50.0 Å². The maximum atomic E-state index is 14.0. The number of hydrogen-bond acceptors (Lipinski definition) is 4. The summed E-state index contributed by atoms with van der Waals surface area (Å²) in [5.41, 5.74) is 1.89. The van der Waals surface area contributed by atoms with Gasteiger partial charge in [0.05, 0.1) is 11.9 Å². The average Bonchev–Trinajstić information content (AvgIpc) is 2.90. The molecule has 3 aromatic carbocycles. The molecule has 7 nitrogen and oxygen atoms in total. The number of para-hydroxylation sites is 1. The minimum Gasteiger partial charge on any atom is -0.352 e. The fraction of sp³-hybridized carbons (Fsp3) is 0.310. The molecule has 9 heteroatoms. The molecular formula is C29H34ClN3O4S. The number of amides is 2. The van der Waals surface area contributed by atoms with Crippen molar-refractivity contribution in [1.82, 2.24) is 10.2 Å². The van der Waals surface area contributed by atoms with E-state index in [2.05, 4.69) is 5.32 Å². The molecule has 0 aliphatic heterocycles. The maximum absolute atomic E-state index is 14.0. The number of hydrogen-bond donors (Lipinski definition) is 1. The van der Waals surface area contributed by atoms with Crippen LogP contribution in [0.1, 0.15) is 31.4 Å². The fourth-order valence-corrected chi connectivity index (χ4v) is 5.06. The molecule has 0 heterocycles. The molecule has 0 saturated heterocycles. The van der Waals surface area contributed by atoms with E-state index in [1.807, 2.05) is 50.2 Å². The predicted molar refractivity (Wildman–Crippen MR) is 152 cm³/mol. The van der Waals surface area contributed by atoms with Crippen LogP contribution in [-0.2, 0) is 32.6 Å². The maximum Gasteiger partial charge on any atom is 0.244 e. The number of benzene rings is 3. The van der Waals surface area contributed by atoms with Gasteiger partial charge in [0, 0.05) is 24.0 Å². The molecule has 0 spiro atoms. The smallest absolute Gasteiger partial charge is 0.244 e. The van der Waals surface area contributed by atoms with E-state index < -0.39 is 28.5 Å². The van der Waals surface area contributed by atoms with Gasteiger partial charge >= 0.3 is 0 Å². The summed E-state index contributed by atoms with van der Waals surface area (Å²) >= 11 is 6.45. The quantitative estimate of drug-likeness (QED) is 0.352. The van der Waals surface area contributed by atoms with E-state index in [4.69, 9.17) is 11.6 Å². The molecule has 2 atom stereocenters. The summed E-state index contributed by atoms with van der Waals surface area (Å²) in [6.45, 7) is 3.44.